The Bertz CT molecular complexity index is 435. The fraction of sp³-hybridized carbons (Fsp3) is 0.538. The van der Waals surface area contributed by atoms with Gasteiger partial charge in [0, 0.05) is 16.5 Å². The molecule has 1 aromatic rings. The summed E-state index contributed by atoms with van der Waals surface area (Å²) in [6, 6.07) is 3.80. The molecular formula is C13H15BrClF3O. The van der Waals surface area contributed by atoms with Crippen molar-refractivity contribution >= 4 is 27.5 Å². The Hall–Kier alpha value is -0.260. The molecule has 0 radical (unpaired) electrons. The van der Waals surface area contributed by atoms with Crippen molar-refractivity contribution in [3.05, 3.63) is 33.8 Å². The molecule has 108 valence electrons. The molecule has 19 heavy (non-hydrogen) atoms. The minimum atomic E-state index is -4.27. The first-order chi connectivity index (χ1) is 8.70. The van der Waals surface area contributed by atoms with Gasteiger partial charge in [-0.05, 0) is 43.0 Å². The lowest BCUT2D eigenvalue weighted by molar-refractivity contribution is -0.174. The number of hydrogen-bond acceptors (Lipinski definition) is 1. The monoisotopic (exact) mass is 358 g/mol. The van der Waals surface area contributed by atoms with Crippen LogP contribution in [0, 0.1) is 13.8 Å². The summed E-state index contributed by atoms with van der Waals surface area (Å²) in [5.41, 5.74) is 2.98. The average molecular weight is 360 g/mol. The van der Waals surface area contributed by atoms with Crippen LogP contribution in [0.5, 0.6) is 0 Å². The quantitative estimate of drug-likeness (QED) is 0.508. The van der Waals surface area contributed by atoms with Crippen molar-refractivity contribution in [3.63, 3.8) is 0 Å². The van der Waals surface area contributed by atoms with Crippen molar-refractivity contribution in [2.45, 2.75) is 31.3 Å². The van der Waals surface area contributed by atoms with Crippen molar-refractivity contribution in [2.75, 3.05) is 13.2 Å². The molecule has 0 aliphatic rings. The van der Waals surface area contributed by atoms with Gasteiger partial charge in [-0.2, -0.15) is 13.2 Å². The second-order valence-corrected chi connectivity index (χ2v) is 5.89. The Morgan fingerprint density at radius 1 is 1.26 bits per heavy atom. The van der Waals surface area contributed by atoms with Crippen molar-refractivity contribution < 1.29 is 17.9 Å². The fourth-order valence-corrected chi connectivity index (χ4v) is 2.57. The van der Waals surface area contributed by atoms with Crippen molar-refractivity contribution in [3.8, 4) is 0 Å². The van der Waals surface area contributed by atoms with E-state index in [4.69, 9.17) is 11.6 Å². The summed E-state index contributed by atoms with van der Waals surface area (Å²) in [6.07, 6.45) is -3.80. The lowest BCUT2D eigenvalue weighted by atomic mass is 10.0. The van der Waals surface area contributed by atoms with Crippen LogP contribution in [0.4, 0.5) is 13.2 Å². The van der Waals surface area contributed by atoms with Crippen LogP contribution in [0.25, 0.3) is 0 Å². The summed E-state index contributed by atoms with van der Waals surface area (Å²) in [6.45, 7) is 2.67. The second-order valence-electron chi connectivity index (χ2n) is 4.38. The predicted molar refractivity (Wildman–Crippen MR) is 74.1 cm³/mol. The molecule has 0 fully saturated rings. The van der Waals surface area contributed by atoms with Crippen LogP contribution in [-0.2, 0) is 4.74 Å². The zero-order valence-electron chi connectivity index (χ0n) is 10.7. The van der Waals surface area contributed by atoms with Crippen LogP contribution in [-0.4, -0.2) is 19.4 Å². The van der Waals surface area contributed by atoms with Crippen molar-refractivity contribution in [1.29, 1.82) is 0 Å². The van der Waals surface area contributed by atoms with E-state index in [2.05, 4.69) is 20.7 Å². The number of halogens is 5. The second kappa shape index (κ2) is 6.95. The maximum Gasteiger partial charge on any atom is 0.411 e. The first kappa shape index (κ1) is 16.8. The van der Waals surface area contributed by atoms with Gasteiger partial charge in [0.05, 0.1) is 0 Å². The smallest absolute Gasteiger partial charge is 0.372 e. The minimum Gasteiger partial charge on any atom is -0.372 e. The third-order valence-corrected chi connectivity index (χ3v) is 4.02. The van der Waals surface area contributed by atoms with Gasteiger partial charge in [0.25, 0.3) is 0 Å². The molecule has 1 unspecified atom stereocenters. The molecule has 1 aromatic carbocycles. The lowest BCUT2D eigenvalue weighted by Crippen LogP contribution is -2.17. The molecule has 6 heteroatoms. The van der Waals surface area contributed by atoms with Gasteiger partial charge >= 0.3 is 6.18 Å². The largest absolute Gasteiger partial charge is 0.411 e. The van der Waals surface area contributed by atoms with Gasteiger partial charge < -0.3 is 4.74 Å². The molecule has 1 nitrogen and oxygen atoms in total. The molecule has 0 saturated heterocycles. The van der Waals surface area contributed by atoms with Gasteiger partial charge in [0.2, 0.25) is 0 Å². The lowest BCUT2D eigenvalue weighted by Gasteiger charge is -2.15. The highest BCUT2D eigenvalue weighted by molar-refractivity contribution is 9.09. The SMILES string of the molecule is Cc1cc(C(Br)CCOCC(F)(F)F)c(C)cc1Cl. The molecule has 0 saturated carbocycles. The first-order valence-electron chi connectivity index (χ1n) is 5.76. The number of alkyl halides is 4. The molecule has 0 N–H and O–H groups in total. The summed E-state index contributed by atoms with van der Waals surface area (Å²) in [4.78, 5) is -0.0447. The molecular weight excluding hydrogens is 344 g/mol. The van der Waals surface area contributed by atoms with Crippen LogP contribution >= 0.6 is 27.5 Å². The number of rotatable bonds is 5. The maximum absolute atomic E-state index is 11.9. The van der Waals surface area contributed by atoms with Crippen molar-refractivity contribution in [2.24, 2.45) is 0 Å². The number of hydrogen-bond donors (Lipinski definition) is 0. The first-order valence-corrected chi connectivity index (χ1v) is 7.05. The van der Waals surface area contributed by atoms with E-state index in [-0.39, 0.29) is 11.4 Å². The zero-order chi connectivity index (χ0) is 14.6. The highest BCUT2D eigenvalue weighted by atomic mass is 79.9. The van der Waals surface area contributed by atoms with Gasteiger partial charge in [0.15, 0.2) is 0 Å². The van der Waals surface area contributed by atoms with Gasteiger partial charge in [0.1, 0.15) is 6.61 Å². The van der Waals surface area contributed by atoms with Gasteiger partial charge in [-0.25, -0.2) is 0 Å². The van der Waals surface area contributed by atoms with E-state index in [1.807, 2.05) is 26.0 Å². The molecule has 0 heterocycles. The van der Waals surface area contributed by atoms with Gasteiger partial charge in [-0.1, -0.05) is 33.6 Å². The Morgan fingerprint density at radius 2 is 1.89 bits per heavy atom. The highest BCUT2D eigenvalue weighted by Gasteiger charge is 2.27. The minimum absolute atomic E-state index is 0.0447. The number of aryl methyl sites for hydroxylation is 2. The predicted octanol–water partition coefficient (Wildman–Crippen LogP) is 5.36. The van der Waals surface area contributed by atoms with E-state index in [0.717, 1.165) is 16.7 Å². The maximum atomic E-state index is 11.9. The van der Waals surface area contributed by atoms with E-state index in [0.29, 0.717) is 11.4 Å². The molecule has 0 aliphatic carbocycles. The van der Waals surface area contributed by atoms with Crippen LogP contribution in [0.15, 0.2) is 12.1 Å². The third kappa shape index (κ3) is 5.71. The Balaban J connectivity index is 2.54. The fourth-order valence-electron chi connectivity index (χ4n) is 1.67. The standard InChI is InChI=1S/C13H15BrClF3O/c1-8-6-12(15)9(2)5-10(8)11(14)3-4-19-7-13(16,17)18/h5-6,11H,3-4,7H2,1-2H3. The molecule has 0 aliphatic heterocycles. The van der Waals surface area contributed by atoms with E-state index in [1.54, 1.807) is 0 Å². The summed E-state index contributed by atoms with van der Waals surface area (Å²) in [5.74, 6) is 0. The normalized spacial score (nSPS) is 13.6. The molecule has 0 spiro atoms. The molecule has 0 aromatic heterocycles. The summed E-state index contributed by atoms with van der Waals surface area (Å²) in [5, 5.41) is 0.689. The molecule has 1 atom stereocenters. The van der Waals surface area contributed by atoms with E-state index >= 15 is 0 Å². The summed E-state index contributed by atoms with van der Waals surface area (Å²) < 4.78 is 40.3. The zero-order valence-corrected chi connectivity index (χ0v) is 13.0. The Labute approximate surface area is 124 Å². The van der Waals surface area contributed by atoms with E-state index < -0.39 is 12.8 Å². The number of benzene rings is 1. The van der Waals surface area contributed by atoms with Crippen LogP contribution < -0.4 is 0 Å². The average Bonchev–Trinajstić information content (AvgIpc) is 2.28. The molecule has 1 rings (SSSR count). The Kier molecular flexibility index (Phi) is 6.15. The van der Waals surface area contributed by atoms with Gasteiger partial charge in [-0.15, -0.1) is 0 Å². The van der Waals surface area contributed by atoms with Crippen LogP contribution in [0.1, 0.15) is 27.9 Å². The van der Waals surface area contributed by atoms with Crippen LogP contribution in [0.3, 0.4) is 0 Å². The molecule has 0 bridgehead atoms. The van der Waals surface area contributed by atoms with Crippen LogP contribution in [0.2, 0.25) is 5.02 Å². The van der Waals surface area contributed by atoms with E-state index in [9.17, 15) is 13.2 Å². The third-order valence-electron chi connectivity index (χ3n) is 2.67. The topological polar surface area (TPSA) is 9.23 Å². The molecule has 0 amide bonds. The number of ether oxygens (including phenoxy) is 1. The van der Waals surface area contributed by atoms with Gasteiger partial charge in [-0.3, -0.25) is 0 Å². The van der Waals surface area contributed by atoms with Crippen molar-refractivity contribution in [1.82, 2.24) is 0 Å². The Morgan fingerprint density at radius 3 is 2.47 bits per heavy atom. The highest BCUT2D eigenvalue weighted by Crippen LogP contribution is 2.32. The summed E-state index contributed by atoms with van der Waals surface area (Å²) in [7, 11) is 0. The van der Waals surface area contributed by atoms with E-state index in [1.165, 1.54) is 0 Å². The summed E-state index contributed by atoms with van der Waals surface area (Å²) >= 11 is 9.47.